The minimum Gasteiger partial charge on any atom is -0.459 e. The highest BCUT2D eigenvalue weighted by atomic mass is 19.4. The number of halogens is 6. The molecule has 0 aliphatic rings. The van der Waals surface area contributed by atoms with Gasteiger partial charge in [-0.3, -0.25) is 4.79 Å². The minimum absolute atomic E-state index is 0.0770. The molecule has 24 heavy (non-hydrogen) atoms. The van der Waals surface area contributed by atoms with Gasteiger partial charge in [0.25, 0.3) is 11.5 Å². The number of furan rings is 1. The van der Waals surface area contributed by atoms with Crippen LogP contribution in [0.1, 0.15) is 16.1 Å². The quantitative estimate of drug-likeness (QED) is 0.824. The first-order chi connectivity index (χ1) is 11.0. The lowest BCUT2D eigenvalue weighted by molar-refractivity contribution is -0.376. The predicted octanol–water partition coefficient (Wildman–Crippen LogP) is 3.84. The molecule has 0 aliphatic heterocycles. The number of carbonyl (C=O) groups is 1. The van der Waals surface area contributed by atoms with Gasteiger partial charge in [0.15, 0.2) is 5.76 Å². The van der Waals surface area contributed by atoms with E-state index < -0.39 is 29.4 Å². The van der Waals surface area contributed by atoms with Crippen LogP contribution in [0.4, 0.5) is 32.0 Å². The van der Waals surface area contributed by atoms with Gasteiger partial charge in [-0.2, -0.15) is 26.3 Å². The Morgan fingerprint density at radius 2 is 1.50 bits per heavy atom. The zero-order valence-electron chi connectivity index (χ0n) is 11.6. The lowest BCUT2D eigenvalue weighted by Crippen LogP contribution is -2.53. The molecule has 1 amide bonds. The molecule has 0 bridgehead atoms. The molecular weight excluding hydrogens is 344 g/mol. The van der Waals surface area contributed by atoms with Crippen LogP contribution in [0.5, 0.6) is 0 Å². The Morgan fingerprint density at radius 3 is 1.92 bits per heavy atom. The van der Waals surface area contributed by atoms with E-state index in [0.29, 0.717) is 12.1 Å². The lowest BCUT2D eigenvalue weighted by Gasteiger charge is -2.32. The standard InChI is InChI=1S/C14H9F6NO3/c15-13(16,17)12(23,14(18,19)20)8-3-5-9(6-4-8)21-11(22)10-2-1-7-24-10/h1-7,23H,(H,21,22). The molecule has 4 nitrogen and oxygen atoms in total. The van der Waals surface area contributed by atoms with Crippen LogP contribution in [0.25, 0.3) is 0 Å². The van der Waals surface area contributed by atoms with Crippen LogP contribution in [0, 0.1) is 0 Å². The number of anilines is 1. The fraction of sp³-hybridized carbons (Fsp3) is 0.214. The number of hydrogen-bond acceptors (Lipinski definition) is 3. The summed E-state index contributed by atoms with van der Waals surface area (Å²) in [4.78, 5) is 11.7. The first kappa shape index (κ1) is 17.9. The van der Waals surface area contributed by atoms with Gasteiger partial charge < -0.3 is 14.8 Å². The molecule has 0 radical (unpaired) electrons. The molecule has 1 aromatic heterocycles. The molecule has 10 heteroatoms. The highest BCUT2D eigenvalue weighted by molar-refractivity contribution is 6.02. The molecular formula is C14H9F6NO3. The number of carbonyl (C=O) groups excluding carboxylic acids is 1. The number of amides is 1. The van der Waals surface area contributed by atoms with Crippen molar-refractivity contribution in [3.8, 4) is 0 Å². The van der Waals surface area contributed by atoms with Crippen molar-refractivity contribution in [2.24, 2.45) is 0 Å². The zero-order chi connectivity index (χ0) is 18.2. The maximum absolute atomic E-state index is 12.7. The molecule has 0 saturated carbocycles. The molecule has 0 fully saturated rings. The maximum atomic E-state index is 12.7. The summed E-state index contributed by atoms with van der Waals surface area (Å²) in [6.45, 7) is 0. The van der Waals surface area contributed by atoms with E-state index in [1.54, 1.807) is 0 Å². The van der Waals surface area contributed by atoms with Crippen LogP contribution in [-0.4, -0.2) is 23.4 Å². The van der Waals surface area contributed by atoms with Crippen molar-refractivity contribution in [3.63, 3.8) is 0 Å². The molecule has 1 aromatic carbocycles. The van der Waals surface area contributed by atoms with E-state index in [1.165, 1.54) is 18.4 Å². The van der Waals surface area contributed by atoms with Crippen molar-refractivity contribution >= 4 is 11.6 Å². The summed E-state index contributed by atoms with van der Waals surface area (Å²) in [6, 6.07) is 5.20. The molecule has 2 N–H and O–H groups in total. The van der Waals surface area contributed by atoms with Gasteiger partial charge in [0, 0.05) is 11.3 Å². The second-order valence-electron chi connectivity index (χ2n) is 4.71. The zero-order valence-corrected chi connectivity index (χ0v) is 11.6. The van der Waals surface area contributed by atoms with Crippen LogP contribution >= 0.6 is 0 Å². The van der Waals surface area contributed by atoms with Gasteiger partial charge in [0.1, 0.15) is 0 Å². The van der Waals surface area contributed by atoms with Crippen molar-refractivity contribution in [2.75, 3.05) is 5.32 Å². The Hall–Kier alpha value is -2.49. The summed E-state index contributed by atoms with van der Waals surface area (Å²) in [7, 11) is 0. The molecule has 1 heterocycles. The van der Waals surface area contributed by atoms with Crippen LogP contribution in [0.2, 0.25) is 0 Å². The third kappa shape index (κ3) is 3.09. The molecule has 130 valence electrons. The second kappa shape index (κ2) is 5.86. The molecule has 2 rings (SSSR count). The summed E-state index contributed by atoms with van der Waals surface area (Å²) in [5, 5.41) is 11.4. The number of rotatable bonds is 3. The van der Waals surface area contributed by atoms with Crippen molar-refractivity contribution in [3.05, 3.63) is 54.0 Å². The number of alkyl halides is 6. The first-order valence-corrected chi connectivity index (χ1v) is 6.28. The predicted molar refractivity (Wildman–Crippen MR) is 69.1 cm³/mol. The van der Waals surface area contributed by atoms with Gasteiger partial charge in [-0.1, -0.05) is 12.1 Å². The molecule has 2 aromatic rings. The fourth-order valence-electron chi connectivity index (χ4n) is 1.88. The van der Waals surface area contributed by atoms with E-state index in [-0.39, 0.29) is 11.4 Å². The first-order valence-electron chi connectivity index (χ1n) is 6.28. The van der Waals surface area contributed by atoms with Crippen molar-refractivity contribution < 1.29 is 40.7 Å². The molecule has 0 atom stereocenters. The van der Waals surface area contributed by atoms with E-state index in [4.69, 9.17) is 4.42 Å². The summed E-state index contributed by atoms with van der Waals surface area (Å²) >= 11 is 0. The average molecular weight is 353 g/mol. The Labute approximate surface area is 130 Å². The molecule has 0 saturated heterocycles. The summed E-state index contributed by atoms with van der Waals surface area (Å²) in [5.41, 5.74) is -6.51. The number of benzene rings is 1. The molecule has 0 spiro atoms. The Bertz CT molecular complexity index is 690. The van der Waals surface area contributed by atoms with E-state index in [2.05, 4.69) is 5.32 Å². The van der Waals surface area contributed by atoms with Crippen molar-refractivity contribution in [1.82, 2.24) is 0 Å². The monoisotopic (exact) mass is 353 g/mol. The van der Waals surface area contributed by atoms with Gasteiger partial charge in [-0.25, -0.2) is 0 Å². The third-order valence-electron chi connectivity index (χ3n) is 3.13. The van der Waals surface area contributed by atoms with E-state index in [9.17, 15) is 36.2 Å². The average Bonchev–Trinajstić information content (AvgIpc) is 2.99. The number of nitrogens with one attached hydrogen (secondary N) is 1. The van der Waals surface area contributed by atoms with E-state index in [1.807, 2.05) is 0 Å². The van der Waals surface area contributed by atoms with E-state index in [0.717, 1.165) is 12.1 Å². The lowest BCUT2D eigenvalue weighted by atomic mass is 9.92. The van der Waals surface area contributed by atoms with E-state index >= 15 is 0 Å². The van der Waals surface area contributed by atoms with Gasteiger partial charge in [0.05, 0.1) is 6.26 Å². The maximum Gasteiger partial charge on any atom is 0.430 e. The SMILES string of the molecule is O=C(Nc1ccc(C(O)(C(F)(F)F)C(F)(F)F)cc1)c1ccco1. The Morgan fingerprint density at radius 1 is 0.958 bits per heavy atom. The van der Waals surface area contributed by atoms with Gasteiger partial charge >= 0.3 is 12.4 Å². The van der Waals surface area contributed by atoms with Gasteiger partial charge in [-0.15, -0.1) is 0 Å². The minimum atomic E-state index is -5.97. The normalized spacial score (nSPS) is 13.0. The smallest absolute Gasteiger partial charge is 0.430 e. The topological polar surface area (TPSA) is 62.5 Å². The summed E-state index contributed by atoms with van der Waals surface area (Å²) in [5.74, 6) is -0.837. The number of aliphatic hydroxyl groups is 1. The fourth-order valence-corrected chi connectivity index (χ4v) is 1.88. The van der Waals surface area contributed by atoms with Crippen molar-refractivity contribution in [2.45, 2.75) is 18.0 Å². The third-order valence-corrected chi connectivity index (χ3v) is 3.13. The molecule has 0 aliphatic carbocycles. The summed E-state index contributed by atoms with van der Waals surface area (Å²) in [6.07, 6.45) is -10.7. The van der Waals surface area contributed by atoms with Crippen LogP contribution in [0.3, 0.4) is 0 Å². The highest BCUT2D eigenvalue weighted by Gasteiger charge is 2.71. The largest absolute Gasteiger partial charge is 0.459 e. The number of hydrogen-bond donors (Lipinski definition) is 2. The Balaban J connectivity index is 2.29. The van der Waals surface area contributed by atoms with Gasteiger partial charge in [0.2, 0.25) is 0 Å². The molecule has 0 unspecified atom stereocenters. The van der Waals surface area contributed by atoms with Gasteiger partial charge in [-0.05, 0) is 24.3 Å². The van der Waals surface area contributed by atoms with Crippen LogP contribution in [0.15, 0.2) is 47.1 Å². The summed E-state index contributed by atoms with van der Waals surface area (Å²) < 4.78 is 81.2. The van der Waals surface area contributed by atoms with Crippen LogP contribution in [-0.2, 0) is 5.60 Å². The Kier molecular flexibility index (Phi) is 4.36. The highest BCUT2D eigenvalue weighted by Crippen LogP contribution is 2.50. The second-order valence-corrected chi connectivity index (χ2v) is 4.71. The van der Waals surface area contributed by atoms with Crippen molar-refractivity contribution in [1.29, 1.82) is 0 Å². The van der Waals surface area contributed by atoms with Crippen LogP contribution < -0.4 is 5.32 Å².